The molecule has 1 aromatic rings. The number of carboxylic acids is 1. The summed E-state index contributed by atoms with van der Waals surface area (Å²) in [4.78, 5) is 10.6. The van der Waals surface area contributed by atoms with Crippen LogP contribution in [0.3, 0.4) is 0 Å². The molecule has 0 heterocycles. The Hall–Kier alpha value is -1.55. The number of aliphatic carboxylic acids is 1. The highest BCUT2D eigenvalue weighted by atomic mass is 16.5. The average Bonchev–Trinajstić information content (AvgIpc) is 2.67. The van der Waals surface area contributed by atoms with Crippen LogP contribution in [0.25, 0.3) is 0 Å². The minimum atomic E-state index is -0.767. The molecule has 0 radical (unpaired) electrons. The van der Waals surface area contributed by atoms with Gasteiger partial charge in [0.1, 0.15) is 5.75 Å². The lowest BCUT2D eigenvalue weighted by atomic mass is 9.99. The number of carbonyl (C=O) groups is 1. The summed E-state index contributed by atoms with van der Waals surface area (Å²) in [5, 5.41) is 8.73. The van der Waals surface area contributed by atoms with E-state index in [1.807, 2.05) is 12.1 Å². The highest BCUT2D eigenvalue weighted by Gasteiger charge is 2.24. The van der Waals surface area contributed by atoms with Crippen molar-refractivity contribution >= 4 is 5.97 Å². The van der Waals surface area contributed by atoms with Crippen molar-refractivity contribution in [3.63, 3.8) is 0 Å². The minimum Gasteiger partial charge on any atom is -0.496 e. The minimum absolute atomic E-state index is 0.130. The number of ether oxygens (including phenoxy) is 1. The summed E-state index contributed by atoms with van der Waals surface area (Å²) in [5.41, 5.74) is 9.40. The van der Waals surface area contributed by atoms with E-state index in [-0.39, 0.29) is 12.5 Å². The van der Waals surface area contributed by atoms with Gasteiger partial charge in [0.15, 0.2) is 0 Å². The van der Waals surface area contributed by atoms with E-state index in [2.05, 4.69) is 0 Å². The molecule has 0 amide bonds. The number of methoxy groups -OCH3 is 1. The maximum absolute atomic E-state index is 10.6. The molecule has 0 aliphatic heterocycles. The Morgan fingerprint density at radius 1 is 1.47 bits per heavy atom. The smallest absolute Gasteiger partial charge is 0.303 e. The van der Waals surface area contributed by atoms with Crippen molar-refractivity contribution in [3.8, 4) is 5.75 Å². The van der Waals surface area contributed by atoms with E-state index in [0.717, 1.165) is 29.7 Å². The fraction of sp³-hybridized carbons (Fsp3) is 0.462. The molecule has 0 saturated carbocycles. The van der Waals surface area contributed by atoms with E-state index in [1.165, 1.54) is 5.56 Å². The zero-order valence-corrected chi connectivity index (χ0v) is 9.90. The highest BCUT2D eigenvalue weighted by molar-refractivity contribution is 5.67. The number of nitrogens with two attached hydrogens (primary N) is 1. The van der Waals surface area contributed by atoms with Crippen molar-refractivity contribution < 1.29 is 14.6 Å². The van der Waals surface area contributed by atoms with Crippen molar-refractivity contribution in [2.24, 2.45) is 5.73 Å². The number of fused-ring (bicyclic) bond motifs is 1. The Morgan fingerprint density at radius 3 is 2.82 bits per heavy atom. The number of hydrogen-bond donors (Lipinski definition) is 2. The van der Waals surface area contributed by atoms with Crippen molar-refractivity contribution in [1.29, 1.82) is 0 Å². The van der Waals surface area contributed by atoms with Crippen LogP contribution in [0.1, 0.15) is 23.1 Å². The monoisotopic (exact) mass is 235 g/mol. The lowest BCUT2D eigenvalue weighted by Gasteiger charge is -2.11. The molecule has 92 valence electrons. The van der Waals surface area contributed by atoms with Crippen LogP contribution >= 0.6 is 0 Å². The third-order valence-corrected chi connectivity index (χ3v) is 3.25. The van der Waals surface area contributed by atoms with Gasteiger partial charge < -0.3 is 15.6 Å². The molecule has 0 aromatic heterocycles. The summed E-state index contributed by atoms with van der Waals surface area (Å²) in [6.07, 6.45) is 2.36. The van der Waals surface area contributed by atoms with Gasteiger partial charge in [0.2, 0.25) is 0 Å². The molecule has 1 aliphatic carbocycles. The van der Waals surface area contributed by atoms with Gasteiger partial charge in [-0.1, -0.05) is 6.07 Å². The van der Waals surface area contributed by atoms with E-state index < -0.39 is 5.97 Å². The van der Waals surface area contributed by atoms with Crippen molar-refractivity contribution in [1.82, 2.24) is 0 Å². The molecule has 1 aliphatic rings. The Bertz CT molecular complexity index is 443. The van der Waals surface area contributed by atoms with Crippen LogP contribution in [0.2, 0.25) is 0 Å². The fourth-order valence-corrected chi connectivity index (χ4v) is 2.46. The molecule has 1 unspecified atom stereocenters. The maximum Gasteiger partial charge on any atom is 0.303 e. The molecule has 17 heavy (non-hydrogen) atoms. The second-order valence-electron chi connectivity index (χ2n) is 4.45. The standard InChI is InChI=1S/C13H17NO3/c1-17-12-4-2-8(3-5-13(15)16)10-6-9(14)7-11(10)12/h2,4,9H,3,5-7,14H2,1H3,(H,15,16). The molecule has 4 nitrogen and oxygen atoms in total. The lowest BCUT2D eigenvalue weighted by molar-refractivity contribution is -0.136. The molecule has 0 saturated heterocycles. The lowest BCUT2D eigenvalue weighted by Crippen LogP contribution is -2.19. The van der Waals surface area contributed by atoms with E-state index >= 15 is 0 Å². The Kier molecular flexibility index (Phi) is 3.33. The quantitative estimate of drug-likeness (QED) is 0.820. The van der Waals surface area contributed by atoms with E-state index in [1.54, 1.807) is 7.11 Å². The molecule has 0 fully saturated rings. The summed E-state index contributed by atoms with van der Waals surface area (Å²) in [5.74, 6) is 0.101. The second kappa shape index (κ2) is 4.75. The summed E-state index contributed by atoms with van der Waals surface area (Å²) < 4.78 is 5.31. The first-order chi connectivity index (χ1) is 8.11. The average molecular weight is 235 g/mol. The van der Waals surface area contributed by atoms with Crippen LogP contribution in [0.15, 0.2) is 12.1 Å². The molecule has 4 heteroatoms. The summed E-state index contributed by atoms with van der Waals surface area (Å²) >= 11 is 0. The van der Waals surface area contributed by atoms with Crippen molar-refractivity contribution in [3.05, 3.63) is 28.8 Å². The van der Waals surface area contributed by atoms with Gasteiger partial charge in [-0.05, 0) is 42.0 Å². The third kappa shape index (κ3) is 2.42. The van der Waals surface area contributed by atoms with Crippen LogP contribution in [0.5, 0.6) is 5.75 Å². The van der Waals surface area contributed by atoms with Gasteiger partial charge >= 0.3 is 5.97 Å². The molecular formula is C13H17NO3. The van der Waals surface area contributed by atoms with Crippen LogP contribution in [-0.2, 0) is 24.1 Å². The molecule has 1 aromatic carbocycles. The number of rotatable bonds is 4. The Balaban J connectivity index is 2.30. The molecule has 1 atom stereocenters. The SMILES string of the molecule is COc1ccc(CCC(=O)O)c2c1CC(N)C2. The molecule has 2 rings (SSSR count). The number of benzene rings is 1. The topological polar surface area (TPSA) is 72.5 Å². The largest absolute Gasteiger partial charge is 0.496 e. The second-order valence-corrected chi connectivity index (χ2v) is 4.45. The van der Waals surface area contributed by atoms with E-state index in [0.29, 0.717) is 6.42 Å². The first kappa shape index (κ1) is 11.9. The molecule has 3 N–H and O–H groups in total. The van der Waals surface area contributed by atoms with Gasteiger partial charge in [-0.25, -0.2) is 0 Å². The first-order valence-corrected chi connectivity index (χ1v) is 5.76. The van der Waals surface area contributed by atoms with E-state index in [9.17, 15) is 4.79 Å². The Labute approximate surface area is 100 Å². The van der Waals surface area contributed by atoms with Gasteiger partial charge in [-0.3, -0.25) is 4.79 Å². The summed E-state index contributed by atoms with van der Waals surface area (Å²) in [6, 6.07) is 4.00. The van der Waals surface area contributed by atoms with Crippen LogP contribution in [-0.4, -0.2) is 24.2 Å². The predicted molar refractivity (Wildman–Crippen MR) is 64.3 cm³/mol. The van der Waals surface area contributed by atoms with Gasteiger partial charge in [0.05, 0.1) is 7.11 Å². The van der Waals surface area contributed by atoms with Gasteiger partial charge in [-0.15, -0.1) is 0 Å². The number of aryl methyl sites for hydroxylation is 1. The van der Waals surface area contributed by atoms with Crippen LogP contribution < -0.4 is 10.5 Å². The van der Waals surface area contributed by atoms with Crippen molar-refractivity contribution in [2.75, 3.05) is 7.11 Å². The molecule has 0 bridgehead atoms. The number of carboxylic acid groups (broad SMARTS) is 1. The predicted octanol–water partition coefficient (Wildman–Crippen LogP) is 1.14. The van der Waals surface area contributed by atoms with Crippen molar-refractivity contribution in [2.45, 2.75) is 31.7 Å². The fourth-order valence-electron chi connectivity index (χ4n) is 2.46. The normalized spacial score (nSPS) is 17.9. The Morgan fingerprint density at radius 2 is 2.18 bits per heavy atom. The third-order valence-electron chi connectivity index (χ3n) is 3.25. The molecular weight excluding hydrogens is 218 g/mol. The van der Waals surface area contributed by atoms with Crippen LogP contribution in [0, 0.1) is 0 Å². The zero-order valence-electron chi connectivity index (χ0n) is 9.90. The summed E-state index contributed by atoms with van der Waals surface area (Å²) in [7, 11) is 1.65. The summed E-state index contributed by atoms with van der Waals surface area (Å²) in [6.45, 7) is 0. The van der Waals surface area contributed by atoms with Crippen LogP contribution in [0.4, 0.5) is 0 Å². The zero-order chi connectivity index (χ0) is 12.4. The first-order valence-electron chi connectivity index (χ1n) is 5.76. The number of hydrogen-bond acceptors (Lipinski definition) is 3. The maximum atomic E-state index is 10.6. The van der Waals surface area contributed by atoms with Gasteiger partial charge in [-0.2, -0.15) is 0 Å². The highest BCUT2D eigenvalue weighted by Crippen LogP contribution is 2.33. The molecule has 0 spiro atoms. The van der Waals surface area contributed by atoms with Gasteiger partial charge in [0, 0.05) is 12.5 Å². The van der Waals surface area contributed by atoms with Gasteiger partial charge in [0.25, 0.3) is 0 Å². The van der Waals surface area contributed by atoms with E-state index in [4.69, 9.17) is 15.6 Å².